The fraction of sp³-hybridized carbons (Fsp3) is 0.632. The quantitative estimate of drug-likeness (QED) is 0.918. The molecule has 132 valence electrons. The molecule has 5 nitrogen and oxygen atoms in total. The first kappa shape index (κ1) is 17.1. The van der Waals surface area contributed by atoms with Crippen LogP contribution in [0.3, 0.4) is 0 Å². The molecule has 1 unspecified atom stereocenters. The van der Waals surface area contributed by atoms with Crippen LogP contribution in [-0.4, -0.2) is 54.2 Å². The molecule has 1 N–H and O–H groups in total. The van der Waals surface area contributed by atoms with Gasteiger partial charge in [0, 0.05) is 24.8 Å². The zero-order valence-electron chi connectivity index (χ0n) is 15.0. The molecule has 0 radical (unpaired) electrons. The fourth-order valence-electron chi connectivity index (χ4n) is 3.65. The van der Waals surface area contributed by atoms with Crippen molar-refractivity contribution >= 4 is 11.7 Å². The lowest BCUT2D eigenvalue weighted by molar-refractivity contribution is 0.210. The van der Waals surface area contributed by atoms with Crippen LogP contribution in [0.5, 0.6) is 5.75 Å². The van der Waals surface area contributed by atoms with E-state index < -0.39 is 0 Å². The summed E-state index contributed by atoms with van der Waals surface area (Å²) in [5, 5.41) is 3.06. The van der Waals surface area contributed by atoms with Crippen LogP contribution in [-0.2, 0) is 0 Å². The van der Waals surface area contributed by atoms with E-state index in [9.17, 15) is 4.79 Å². The molecule has 0 spiro atoms. The van der Waals surface area contributed by atoms with Crippen molar-refractivity contribution in [3.63, 3.8) is 0 Å². The van der Waals surface area contributed by atoms with Gasteiger partial charge in [-0.05, 0) is 76.9 Å². The van der Waals surface area contributed by atoms with Crippen LogP contribution in [0.1, 0.15) is 38.7 Å². The topological polar surface area (TPSA) is 44.8 Å². The molecule has 24 heavy (non-hydrogen) atoms. The normalized spacial score (nSPS) is 21.5. The lowest BCUT2D eigenvalue weighted by atomic mass is 10.2. The Hall–Kier alpha value is -1.75. The molecule has 2 amide bonds. The van der Waals surface area contributed by atoms with E-state index in [0.29, 0.717) is 6.04 Å². The fourth-order valence-corrected chi connectivity index (χ4v) is 3.65. The van der Waals surface area contributed by atoms with Gasteiger partial charge in [-0.3, -0.25) is 4.90 Å². The van der Waals surface area contributed by atoms with Crippen molar-refractivity contribution in [2.45, 2.75) is 52.2 Å². The SMILES string of the molecule is Cc1cc(OC(C)C)ccc1NC(=O)N1CCC(N2CCCC2)C1. The first-order valence-corrected chi connectivity index (χ1v) is 9.10. The highest BCUT2D eigenvalue weighted by molar-refractivity contribution is 5.90. The molecular weight excluding hydrogens is 302 g/mol. The Kier molecular flexibility index (Phi) is 5.29. The summed E-state index contributed by atoms with van der Waals surface area (Å²) in [4.78, 5) is 17.0. The van der Waals surface area contributed by atoms with Gasteiger partial charge in [-0.2, -0.15) is 0 Å². The van der Waals surface area contributed by atoms with Crippen molar-refractivity contribution in [1.82, 2.24) is 9.80 Å². The van der Waals surface area contributed by atoms with Gasteiger partial charge in [0.25, 0.3) is 0 Å². The molecule has 1 aromatic carbocycles. The van der Waals surface area contributed by atoms with Crippen LogP contribution in [0.4, 0.5) is 10.5 Å². The van der Waals surface area contributed by atoms with Crippen molar-refractivity contribution in [3.8, 4) is 5.75 Å². The largest absolute Gasteiger partial charge is 0.491 e. The van der Waals surface area contributed by atoms with Gasteiger partial charge in [0.05, 0.1) is 6.10 Å². The van der Waals surface area contributed by atoms with E-state index in [1.54, 1.807) is 0 Å². The van der Waals surface area contributed by atoms with Gasteiger partial charge in [0.15, 0.2) is 0 Å². The molecule has 2 heterocycles. The second kappa shape index (κ2) is 7.43. The predicted octanol–water partition coefficient (Wildman–Crippen LogP) is 3.48. The number of hydrogen-bond donors (Lipinski definition) is 1. The first-order valence-electron chi connectivity index (χ1n) is 9.10. The van der Waals surface area contributed by atoms with Crippen LogP contribution in [0, 0.1) is 6.92 Å². The number of carbonyl (C=O) groups is 1. The Morgan fingerprint density at radius 3 is 2.67 bits per heavy atom. The van der Waals surface area contributed by atoms with Gasteiger partial charge in [-0.15, -0.1) is 0 Å². The monoisotopic (exact) mass is 331 g/mol. The highest BCUT2D eigenvalue weighted by Gasteiger charge is 2.31. The highest BCUT2D eigenvalue weighted by Crippen LogP contribution is 2.24. The number of carbonyl (C=O) groups excluding carboxylic acids is 1. The Morgan fingerprint density at radius 1 is 1.25 bits per heavy atom. The summed E-state index contributed by atoms with van der Waals surface area (Å²) >= 11 is 0. The summed E-state index contributed by atoms with van der Waals surface area (Å²) in [5.74, 6) is 0.843. The van der Waals surface area contributed by atoms with E-state index in [-0.39, 0.29) is 12.1 Å². The van der Waals surface area contributed by atoms with Gasteiger partial charge < -0.3 is 15.0 Å². The third-order valence-corrected chi connectivity index (χ3v) is 4.92. The number of anilines is 1. The number of ether oxygens (including phenoxy) is 1. The zero-order chi connectivity index (χ0) is 17.1. The molecule has 0 aromatic heterocycles. The molecule has 2 aliphatic rings. The molecule has 5 heteroatoms. The molecule has 0 bridgehead atoms. The van der Waals surface area contributed by atoms with Gasteiger partial charge in [-0.1, -0.05) is 0 Å². The smallest absolute Gasteiger partial charge is 0.321 e. The molecule has 0 saturated carbocycles. The molecule has 3 rings (SSSR count). The summed E-state index contributed by atoms with van der Waals surface area (Å²) < 4.78 is 5.70. The number of nitrogens with one attached hydrogen (secondary N) is 1. The van der Waals surface area contributed by atoms with E-state index in [4.69, 9.17) is 4.74 Å². The van der Waals surface area contributed by atoms with Crippen LogP contribution in [0.25, 0.3) is 0 Å². The molecule has 0 aliphatic carbocycles. The average molecular weight is 331 g/mol. The van der Waals surface area contributed by atoms with Crippen molar-refractivity contribution in [2.24, 2.45) is 0 Å². The maximum atomic E-state index is 12.6. The summed E-state index contributed by atoms with van der Waals surface area (Å²) in [6.45, 7) is 10.1. The Morgan fingerprint density at radius 2 is 2.00 bits per heavy atom. The molecular formula is C19H29N3O2. The minimum absolute atomic E-state index is 0.0114. The number of rotatable bonds is 4. The van der Waals surface area contributed by atoms with Gasteiger partial charge in [0.1, 0.15) is 5.75 Å². The summed E-state index contributed by atoms with van der Waals surface area (Å²) in [6.07, 6.45) is 3.84. The Balaban J connectivity index is 1.57. The predicted molar refractivity (Wildman–Crippen MR) is 96.7 cm³/mol. The number of hydrogen-bond acceptors (Lipinski definition) is 3. The molecule has 1 atom stereocenters. The Labute approximate surface area is 145 Å². The van der Waals surface area contributed by atoms with E-state index >= 15 is 0 Å². The van der Waals surface area contributed by atoms with Crippen LogP contribution >= 0.6 is 0 Å². The van der Waals surface area contributed by atoms with E-state index in [1.165, 1.54) is 25.9 Å². The van der Waals surface area contributed by atoms with Crippen molar-refractivity contribution < 1.29 is 9.53 Å². The molecule has 1 aromatic rings. The lowest BCUT2D eigenvalue weighted by Gasteiger charge is -2.24. The van der Waals surface area contributed by atoms with Crippen LogP contribution < -0.4 is 10.1 Å². The first-order chi connectivity index (χ1) is 11.5. The zero-order valence-corrected chi connectivity index (χ0v) is 15.0. The maximum absolute atomic E-state index is 12.6. The summed E-state index contributed by atoms with van der Waals surface area (Å²) in [5.41, 5.74) is 1.89. The van der Waals surface area contributed by atoms with E-state index in [1.807, 2.05) is 43.9 Å². The molecule has 2 saturated heterocycles. The molecule has 2 fully saturated rings. The van der Waals surface area contributed by atoms with Gasteiger partial charge in [-0.25, -0.2) is 4.79 Å². The highest BCUT2D eigenvalue weighted by atomic mass is 16.5. The minimum Gasteiger partial charge on any atom is -0.491 e. The van der Waals surface area contributed by atoms with Gasteiger partial charge >= 0.3 is 6.03 Å². The Bertz CT molecular complexity index is 582. The third kappa shape index (κ3) is 4.01. The van der Waals surface area contributed by atoms with E-state index in [2.05, 4.69) is 10.2 Å². The number of aryl methyl sites for hydroxylation is 1. The van der Waals surface area contributed by atoms with Crippen molar-refractivity contribution in [1.29, 1.82) is 0 Å². The lowest BCUT2D eigenvalue weighted by Crippen LogP contribution is -2.38. The second-order valence-corrected chi connectivity index (χ2v) is 7.21. The number of likely N-dealkylation sites (tertiary alicyclic amines) is 2. The number of amides is 2. The van der Waals surface area contributed by atoms with Crippen molar-refractivity contribution in [2.75, 3.05) is 31.5 Å². The summed E-state index contributed by atoms with van der Waals surface area (Å²) in [7, 11) is 0. The third-order valence-electron chi connectivity index (χ3n) is 4.92. The maximum Gasteiger partial charge on any atom is 0.321 e. The number of urea groups is 1. The second-order valence-electron chi connectivity index (χ2n) is 7.21. The van der Waals surface area contributed by atoms with Crippen molar-refractivity contribution in [3.05, 3.63) is 23.8 Å². The average Bonchev–Trinajstić information content (AvgIpc) is 3.19. The molecule has 2 aliphatic heterocycles. The standard InChI is InChI=1S/C19H29N3O2/c1-14(2)24-17-6-7-18(15(3)12-17)20-19(23)22-11-8-16(13-22)21-9-4-5-10-21/h6-7,12,14,16H,4-5,8-11,13H2,1-3H3,(H,20,23). The van der Waals surface area contributed by atoms with Gasteiger partial charge in [0.2, 0.25) is 0 Å². The number of nitrogens with zero attached hydrogens (tertiary/aromatic N) is 2. The minimum atomic E-state index is 0.0114. The van der Waals surface area contributed by atoms with Crippen LogP contribution in [0.15, 0.2) is 18.2 Å². The van der Waals surface area contributed by atoms with Crippen LogP contribution in [0.2, 0.25) is 0 Å². The van der Waals surface area contributed by atoms with E-state index in [0.717, 1.165) is 36.5 Å². The number of benzene rings is 1. The summed E-state index contributed by atoms with van der Waals surface area (Å²) in [6, 6.07) is 6.38.